The summed E-state index contributed by atoms with van der Waals surface area (Å²) in [6.07, 6.45) is 2.22. The fraction of sp³-hybridized carbons (Fsp3) is 0.462. The number of carbonyl (C=O) groups is 1. The summed E-state index contributed by atoms with van der Waals surface area (Å²) in [6, 6.07) is 5.71. The van der Waals surface area contributed by atoms with Crippen molar-refractivity contribution >= 4 is 17.4 Å². The van der Waals surface area contributed by atoms with Gasteiger partial charge in [-0.1, -0.05) is 19.4 Å². The minimum absolute atomic E-state index is 0.139. The number of anilines is 2. The number of nitrogens with one attached hydrogen (secondary N) is 2. The molecule has 17 heavy (non-hydrogen) atoms. The summed E-state index contributed by atoms with van der Waals surface area (Å²) in [5.41, 5.74) is 8.13. The van der Waals surface area contributed by atoms with Gasteiger partial charge in [-0.15, -0.1) is 0 Å². The van der Waals surface area contributed by atoms with Crippen LogP contribution in [0.25, 0.3) is 0 Å². The molecule has 0 spiro atoms. The zero-order valence-corrected chi connectivity index (χ0v) is 10.3. The summed E-state index contributed by atoms with van der Waals surface area (Å²) < 4.78 is 0. The van der Waals surface area contributed by atoms with Gasteiger partial charge in [-0.2, -0.15) is 0 Å². The highest BCUT2D eigenvalue weighted by Crippen LogP contribution is 2.33. The second kappa shape index (κ2) is 4.65. The third kappa shape index (κ3) is 2.90. The first-order chi connectivity index (χ1) is 8.10. The third-order valence-corrected chi connectivity index (χ3v) is 3.27. The molecule has 0 aliphatic heterocycles. The van der Waals surface area contributed by atoms with Gasteiger partial charge in [0, 0.05) is 17.4 Å². The number of rotatable bonds is 3. The minimum atomic E-state index is -0.139. The molecule has 1 saturated carbocycles. The molecule has 1 aliphatic carbocycles. The second-order valence-electron chi connectivity index (χ2n) is 4.68. The molecule has 0 heterocycles. The highest BCUT2D eigenvalue weighted by atomic mass is 16.2. The monoisotopic (exact) mass is 233 g/mol. The van der Waals surface area contributed by atoms with Crippen molar-refractivity contribution in [3.8, 4) is 0 Å². The fourth-order valence-electron chi connectivity index (χ4n) is 1.98. The molecule has 4 N–H and O–H groups in total. The molecule has 0 radical (unpaired) electrons. The second-order valence-corrected chi connectivity index (χ2v) is 4.68. The van der Waals surface area contributed by atoms with Gasteiger partial charge >= 0.3 is 6.03 Å². The number of benzene rings is 1. The van der Waals surface area contributed by atoms with Crippen LogP contribution in [0.3, 0.4) is 0 Å². The van der Waals surface area contributed by atoms with Crippen LogP contribution in [0.5, 0.6) is 0 Å². The average molecular weight is 233 g/mol. The summed E-state index contributed by atoms with van der Waals surface area (Å²) in [7, 11) is 0. The van der Waals surface area contributed by atoms with Gasteiger partial charge in [-0.3, -0.25) is 0 Å². The number of hydrogen-bond donors (Lipinski definition) is 3. The van der Waals surface area contributed by atoms with Crippen LogP contribution in [-0.2, 0) is 0 Å². The number of carbonyl (C=O) groups excluding carboxylic acids is 1. The van der Waals surface area contributed by atoms with Crippen molar-refractivity contribution < 1.29 is 4.79 Å². The zero-order valence-electron chi connectivity index (χ0n) is 10.3. The van der Waals surface area contributed by atoms with Crippen LogP contribution in [0.4, 0.5) is 16.2 Å². The molecule has 0 aromatic heterocycles. The first-order valence-electron chi connectivity index (χ1n) is 6.03. The minimum Gasteiger partial charge on any atom is -0.399 e. The van der Waals surface area contributed by atoms with Gasteiger partial charge in [0.25, 0.3) is 0 Å². The zero-order chi connectivity index (χ0) is 12.4. The maximum atomic E-state index is 11.7. The lowest BCUT2D eigenvalue weighted by atomic mass is 10.2. The molecule has 2 unspecified atom stereocenters. The van der Waals surface area contributed by atoms with Gasteiger partial charge in [-0.05, 0) is 37.0 Å². The lowest BCUT2D eigenvalue weighted by Gasteiger charge is -2.10. The molecule has 4 nitrogen and oxygen atoms in total. The largest absolute Gasteiger partial charge is 0.399 e. The predicted molar refractivity (Wildman–Crippen MR) is 69.9 cm³/mol. The topological polar surface area (TPSA) is 67.2 Å². The number of aryl methyl sites for hydroxylation is 1. The Morgan fingerprint density at radius 1 is 1.53 bits per heavy atom. The van der Waals surface area contributed by atoms with E-state index in [4.69, 9.17) is 5.73 Å². The summed E-state index contributed by atoms with van der Waals surface area (Å²) in [5, 5.41) is 5.80. The Labute approximate surface area is 102 Å². The molecule has 92 valence electrons. The molecule has 1 aromatic rings. The molecule has 1 fully saturated rings. The van der Waals surface area contributed by atoms with E-state index in [1.807, 2.05) is 19.1 Å². The molecule has 1 aliphatic rings. The van der Waals surface area contributed by atoms with Crippen molar-refractivity contribution in [2.75, 3.05) is 11.1 Å². The van der Waals surface area contributed by atoms with Crippen LogP contribution in [0, 0.1) is 12.8 Å². The van der Waals surface area contributed by atoms with Gasteiger partial charge < -0.3 is 16.4 Å². The van der Waals surface area contributed by atoms with E-state index in [0.29, 0.717) is 17.6 Å². The lowest BCUT2D eigenvalue weighted by Crippen LogP contribution is -2.31. The van der Waals surface area contributed by atoms with Crippen LogP contribution in [0.1, 0.15) is 25.3 Å². The van der Waals surface area contributed by atoms with Crippen molar-refractivity contribution in [2.45, 2.75) is 32.7 Å². The van der Waals surface area contributed by atoms with E-state index in [0.717, 1.165) is 24.1 Å². The maximum Gasteiger partial charge on any atom is 0.319 e. The van der Waals surface area contributed by atoms with Gasteiger partial charge in [0.2, 0.25) is 0 Å². The lowest BCUT2D eigenvalue weighted by molar-refractivity contribution is 0.251. The Morgan fingerprint density at radius 2 is 2.29 bits per heavy atom. The number of hydrogen-bond acceptors (Lipinski definition) is 2. The summed E-state index contributed by atoms with van der Waals surface area (Å²) in [5.74, 6) is 0.655. The Balaban J connectivity index is 1.92. The van der Waals surface area contributed by atoms with E-state index < -0.39 is 0 Å². The molecule has 0 bridgehead atoms. The number of nitrogen functional groups attached to an aromatic ring is 1. The van der Waals surface area contributed by atoms with Crippen LogP contribution in [0.15, 0.2) is 18.2 Å². The molecule has 2 rings (SSSR count). The Bertz CT molecular complexity index is 431. The standard InChI is InChI=1S/C13H19N3O/c1-3-9-6-12(9)16-13(17)15-11-7-10(14)5-4-8(11)2/h4-5,7,9,12H,3,6,14H2,1-2H3,(H2,15,16,17). The Hall–Kier alpha value is -1.71. The molecular weight excluding hydrogens is 214 g/mol. The molecule has 2 amide bonds. The molecule has 4 heteroatoms. The molecule has 1 aromatic carbocycles. The van der Waals surface area contributed by atoms with Crippen molar-refractivity contribution in [2.24, 2.45) is 5.92 Å². The summed E-state index contributed by atoms with van der Waals surface area (Å²) in [6.45, 7) is 4.09. The normalized spacial score (nSPS) is 22.0. The van der Waals surface area contributed by atoms with E-state index in [9.17, 15) is 4.79 Å². The van der Waals surface area contributed by atoms with Crippen molar-refractivity contribution in [3.05, 3.63) is 23.8 Å². The SMILES string of the molecule is CCC1CC1NC(=O)Nc1cc(N)ccc1C. The molecule has 2 atom stereocenters. The van der Waals surface area contributed by atoms with E-state index in [1.165, 1.54) is 0 Å². The third-order valence-electron chi connectivity index (χ3n) is 3.27. The first kappa shape index (κ1) is 11.8. The van der Waals surface area contributed by atoms with Crippen LogP contribution in [0.2, 0.25) is 0 Å². The van der Waals surface area contributed by atoms with Crippen LogP contribution >= 0.6 is 0 Å². The highest BCUT2D eigenvalue weighted by Gasteiger charge is 2.36. The smallest absolute Gasteiger partial charge is 0.319 e. The van der Waals surface area contributed by atoms with Crippen molar-refractivity contribution in [1.82, 2.24) is 5.32 Å². The van der Waals surface area contributed by atoms with Crippen LogP contribution < -0.4 is 16.4 Å². The molecular formula is C13H19N3O. The predicted octanol–water partition coefficient (Wildman–Crippen LogP) is 2.50. The van der Waals surface area contributed by atoms with E-state index in [2.05, 4.69) is 17.6 Å². The van der Waals surface area contributed by atoms with Crippen LogP contribution in [-0.4, -0.2) is 12.1 Å². The van der Waals surface area contributed by atoms with E-state index in [1.54, 1.807) is 6.07 Å². The van der Waals surface area contributed by atoms with Gasteiger partial charge in [0.15, 0.2) is 0 Å². The Kier molecular flexibility index (Phi) is 3.22. The van der Waals surface area contributed by atoms with Gasteiger partial charge in [0.1, 0.15) is 0 Å². The number of urea groups is 1. The summed E-state index contributed by atoms with van der Waals surface area (Å²) >= 11 is 0. The Morgan fingerprint density at radius 3 is 2.94 bits per heavy atom. The van der Waals surface area contributed by atoms with Crippen molar-refractivity contribution in [1.29, 1.82) is 0 Å². The summed E-state index contributed by atoms with van der Waals surface area (Å²) in [4.78, 5) is 11.7. The maximum absolute atomic E-state index is 11.7. The quantitative estimate of drug-likeness (QED) is 0.702. The highest BCUT2D eigenvalue weighted by molar-refractivity contribution is 5.91. The molecule has 0 saturated heterocycles. The van der Waals surface area contributed by atoms with E-state index >= 15 is 0 Å². The van der Waals surface area contributed by atoms with Gasteiger partial charge in [-0.25, -0.2) is 4.79 Å². The van der Waals surface area contributed by atoms with Gasteiger partial charge in [0.05, 0.1) is 0 Å². The van der Waals surface area contributed by atoms with Crippen molar-refractivity contribution in [3.63, 3.8) is 0 Å². The first-order valence-corrected chi connectivity index (χ1v) is 6.03. The van der Waals surface area contributed by atoms with E-state index in [-0.39, 0.29) is 6.03 Å². The average Bonchev–Trinajstić information content (AvgIpc) is 3.02. The number of nitrogens with two attached hydrogens (primary N) is 1. The fourth-order valence-corrected chi connectivity index (χ4v) is 1.98. The number of amides is 2.